The Hall–Kier alpha value is -2.32. The molecule has 1 aromatic carbocycles. The van der Waals surface area contributed by atoms with Crippen molar-refractivity contribution in [3.63, 3.8) is 0 Å². The minimum absolute atomic E-state index is 0.0872. The van der Waals surface area contributed by atoms with E-state index in [0.29, 0.717) is 34.3 Å². The summed E-state index contributed by atoms with van der Waals surface area (Å²) < 4.78 is 3.30. The molecule has 0 N–H and O–H groups in total. The molecular weight excluding hydrogens is 410 g/mol. The zero-order valence-electron chi connectivity index (χ0n) is 16.2. The number of halogens is 1. The van der Waals surface area contributed by atoms with Crippen molar-refractivity contribution in [1.29, 1.82) is 0 Å². The lowest BCUT2D eigenvalue weighted by Gasteiger charge is -2.16. The summed E-state index contributed by atoms with van der Waals surface area (Å²) in [5.74, 6) is 0.352. The van der Waals surface area contributed by atoms with E-state index in [1.165, 1.54) is 11.8 Å². The van der Waals surface area contributed by atoms with Crippen LogP contribution < -0.4 is 5.56 Å². The second kappa shape index (κ2) is 8.59. The summed E-state index contributed by atoms with van der Waals surface area (Å²) in [6, 6.07) is 7.35. The van der Waals surface area contributed by atoms with Gasteiger partial charge >= 0.3 is 0 Å². The quantitative estimate of drug-likeness (QED) is 0.443. The van der Waals surface area contributed by atoms with Gasteiger partial charge in [-0.15, -0.1) is 0 Å². The Bertz CT molecular complexity index is 1090. The van der Waals surface area contributed by atoms with Gasteiger partial charge < -0.3 is 4.90 Å². The van der Waals surface area contributed by atoms with Crippen molar-refractivity contribution >= 4 is 40.3 Å². The second-order valence-electron chi connectivity index (χ2n) is 7.01. The fourth-order valence-corrected chi connectivity index (χ4v) is 4.42. The van der Waals surface area contributed by atoms with Crippen molar-refractivity contribution in [2.24, 2.45) is 0 Å². The lowest BCUT2D eigenvalue weighted by atomic mass is 10.2. The number of nitrogens with zero attached hydrogens (tertiary/aromatic N) is 5. The first-order chi connectivity index (χ1) is 14.0. The average molecular weight is 432 g/mol. The van der Waals surface area contributed by atoms with Crippen LogP contribution in [0.3, 0.4) is 0 Å². The third-order valence-corrected chi connectivity index (χ3v) is 6.21. The number of hydrogen-bond donors (Lipinski definition) is 0. The fraction of sp³-hybridized carbons (Fsp3) is 0.400. The first kappa shape index (κ1) is 20.0. The van der Waals surface area contributed by atoms with Crippen LogP contribution in [0.2, 0.25) is 5.02 Å². The van der Waals surface area contributed by atoms with Crippen LogP contribution in [-0.2, 0) is 17.9 Å². The number of benzene rings is 1. The van der Waals surface area contributed by atoms with Crippen molar-refractivity contribution in [2.75, 3.05) is 18.8 Å². The fourth-order valence-electron chi connectivity index (χ4n) is 3.39. The van der Waals surface area contributed by atoms with Gasteiger partial charge in [-0.05, 0) is 37.5 Å². The zero-order valence-corrected chi connectivity index (χ0v) is 17.7. The molecule has 1 aliphatic rings. The molecule has 4 rings (SSSR count). The molecule has 29 heavy (non-hydrogen) atoms. The van der Waals surface area contributed by atoms with E-state index in [9.17, 15) is 9.59 Å². The van der Waals surface area contributed by atoms with Crippen LogP contribution in [0, 0.1) is 0 Å². The summed E-state index contributed by atoms with van der Waals surface area (Å²) in [6.07, 6.45) is 3.88. The molecule has 0 radical (unpaired) electrons. The summed E-state index contributed by atoms with van der Waals surface area (Å²) in [7, 11) is 0. The topological polar surface area (TPSA) is 73.0 Å². The number of aryl methyl sites for hydroxylation is 1. The van der Waals surface area contributed by atoms with E-state index < -0.39 is 0 Å². The predicted octanol–water partition coefficient (Wildman–Crippen LogP) is 3.03. The van der Waals surface area contributed by atoms with Gasteiger partial charge in [0.15, 0.2) is 10.7 Å². The summed E-state index contributed by atoms with van der Waals surface area (Å²) in [5, 5.41) is 5.53. The van der Waals surface area contributed by atoms with Crippen LogP contribution in [0.4, 0.5) is 0 Å². The van der Waals surface area contributed by atoms with Crippen LogP contribution in [0.25, 0.3) is 11.0 Å². The molecule has 0 unspecified atom stereocenters. The first-order valence-electron chi connectivity index (χ1n) is 9.68. The lowest BCUT2D eigenvalue weighted by Crippen LogP contribution is -2.30. The Morgan fingerprint density at radius 2 is 1.93 bits per heavy atom. The molecule has 1 aliphatic heterocycles. The molecule has 0 bridgehead atoms. The number of rotatable bonds is 6. The van der Waals surface area contributed by atoms with Gasteiger partial charge in [-0.2, -0.15) is 5.10 Å². The Balaban J connectivity index is 1.68. The van der Waals surface area contributed by atoms with E-state index in [2.05, 4.69) is 10.1 Å². The Morgan fingerprint density at radius 3 is 2.62 bits per heavy atom. The molecule has 2 aromatic heterocycles. The van der Waals surface area contributed by atoms with Gasteiger partial charge in [0.2, 0.25) is 5.91 Å². The van der Waals surface area contributed by atoms with Gasteiger partial charge in [0.1, 0.15) is 5.52 Å². The molecule has 0 aliphatic carbocycles. The standard InChI is InChI=1S/C20H22ClN5O2S/c1-2-25-12-16-18(23-25)19(28)26(11-14-5-7-15(21)8-6-14)20(22-16)29-13-17(27)24-9-3-4-10-24/h5-8,12H,2-4,9-11,13H2,1H3. The SMILES string of the molecule is CCn1cc2nc(SCC(=O)N3CCCC3)n(Cc3ccc(Cl)cc3)c(=O)c2n1. The van der Waals surface area contributed by atoms with E-state index in [-0.39, 0.29) is 17.2 Å². The molecule has 9 heteroatoms. The number of fused-ring (bicyclic) bond motifs is 1. The Kier molecular flexibility index (Phi) is 5.91. The van der Waals surface area contributed by atoms with Crippen molar-refractivity contribution in [1.82, 2.24) is 24.2 Å². The molecule has 3 heterocycles. The molecule has 7 nitrogen and oxygen atoms in total. The van der Waals surface area contributed by atoms with Crippen molar-refractivity contribution in [2.45, 2.75) is 38.0 Å². The van der Waals surface area contributed by atoms with Crippen LogP contribution in [-0.4, -0.2) is 49.0 Å². The van der Waals surface area contributed by atoms with Crippen molar-refractivity contribution in [3.05, 3.63) is 51.4 Å². The molecule has 0 saturated carbocycles. The van der Waals surface area contributed by atoms with Gasteiger partial charge in [0, 0.05) is 24.7 Å². The molecule has 1 saturated heterocycles. The number of hydrogen-bond acceptors (Lipinski definition) is 5. The number of thioether (sulfide) groups is 1. The molecule has 152 valence electrons. The maximum atomic E-state index is 13.2. The summed E-state index contributed by atoms with van der Waals surface area (Å²) in [5.41, 5.74) is 1.63. The van der Waals surface area contributed by atoms with Crippen LogP contribution in [0.15, 0.2) is 40.4 Å². The Morgan fingerprint density at radius 1 is 1.21 bits per heavy atom. The first-order valence-corrected chi connectivity index (χ1v) is 11.0. The highest BCUT2D eigenvalue weighted by Crippen LogP contribution is 2.21. The zero-order chi connectivity index (χ0) is 20.4. The van der Waals surface area contributed by atoms with E-state index in [0.717, 1.165) is 31.5 Å². The molecule has 1 fully saturated rings. The van der Waals surface area contributed by atoms with Crippen LogP contribution in [0.1, 0.15) is 25.3 Å². The van der Waals surface area contributed by atoms with Gasteiger partial charge in [-0.1, -0.05) is 35.5 Å². The largest absolute Gasteiger partial charge is 0.342 e. The predicted molar refractivity (Wildman–Crippen MR) is 115 cm³/mol. The molecule has 0 spiro atoms. The summed E-state index contributed by atoms with van der Waals surface area (Å²) in [6.45, 7) is 4.59. The van der Waals surface area contributed by atoms with Gasteiger partial charge in [-0.25, -0.2) is 4.98 Å². The number of amides is 1. The van der Waals surface area contributed by atoms with E-state index in [1.807, 2.05) is 24.0 Å². The van der Waals surface area contributed by atoms with Gasteiger partial charge in [0.05, 0.1) is 18.5 Å². The van der Waals surface area contributed by atoms with Crippen LogP contribution in [0.5, 0.6) is 0 Å². The van der Waals surface area contributed by atoms with Gasteiger partial charge in [-0.3, -0.25) is 18.8 Å². The third kappa shape index (κ3) is 4.33. The summed E-state index contributed by atoms with van der Waals surface area (Å²) >= 11 is 7.29. The Labute approximate surface area is 177 Å². The van der Waals surface area contributed by atoms with E-state index in [1.54, 1.807) is 27.6 Å². The molecule has 1 amide bonds. The number of carbonyl (C=O) groups excluding carboxylic acids is 1. The minimum atomic E-state index is -0.201. The maximum absolute atomic E-state index is 13.2. The molecule has 3 aromatic rings. The molecular formula is C20H22ClN5O2S. The van der Waals surface area contributed by atoms with E-state index >= 15 is 0 Å². The highest BCUT2D eigenvalue weighted by molar-refractivity contribution is 7.99. The number of likely N-dealkylation sites (tertiary alicyclic amines) is 1. The molecule has 0 atom stereocenters. The summed E-state index contributed by atoms with van der Waals surface area (Å²) in [4.78, 5) is 32.2. The smallest absolute Gasteiger partial charge is 0.282 e. The maximum Gasteiger partial charge on any atom is 0.282 e. The number of aromatic nitrogens is 4. The monoisotopic (exact) mass is 431 g/mol. The van der Waals surface area contributed by atoms with Crippen molar-refractivity contribution < 1.29 is 4.79 Å². The van der Waals surface area contributed by atoms with Crippen molar-refractivity contribution in [3.8, 4) is 0 Å². The number of carbonyl (C=O) groups is 1. The van der Waals surface area contributed by atoms with Gasteiger partial charge in [0.25, 0.3) is 5.56 Å². The van der Waals surface area contributed by atoms with E-state index in [4.69, 9.17) is 11.6 Å². The van der Waals surface area contributed by atoms with Crippen LogP contribution >= 0.6 is 23.4 Å². The average Bonchev–Trinajstić information content (AvgIpc) is 3.40. The lowest BCUT2D eigenvalue weighted by molar-refractivity contribution is -0.127. The minimum Gasteiger partial charge on any atom is -0.342 e. The second-order valence-corrected chi connectivity index (χ2v) is 8.39. The highest BCUT2D eigenvalue weighted by atomic mass is 35.5. The highest BCUT2D eigenvalue weighted by Gasteiger charge is 2.20. The normalized spacial score (nSPS) is 14.1. The third-order valence-electron chi connectivity index (χ3n) is 5.00.